The SMILES string of the molecule is CCc1cccc(CC)c1NC(=S)N1CCC[C@@H](c2nc(C)no2)C1. The normalized spacial score (nSPS) is 17.6. The van der Waals surface area contributed by atoms with Gasteiger partial charge in [-0.05, 0) is 56.0 Å². The van der Waals surface area contributed by atoms with Gasteiger partial charge in [0.25, 0.3) is 0 Å². The zero-order valence-corrected chi connectivity index (χ0v) is 16.0. The molecule has 5 nitrogen and oxygen atoms in total. The van der Waals surface area contributed by atoms with E-state index in [9.17, 15) is 0 Å². The van der Waals surface area contributed by atoms with Gasteiger partial charge in [-0.3, -0.25) is 0 Å². The van der Waals surface area contributed by atoms with Crippen LogP contribution < -0.4 is 5.32 Å². The van der Waals surface area contributed by atoms with Crippen LogP contribution in [0.4, 0.5) is 5.69 Å². The third-order valence-corrected chi connectivity index (χ3v) is 5.19. The smallest absolute Gasteiger partial charge is 0.231 e. The van der Waals surface area contributed by atoms with Gasteiger partial charge in [-0.1, -0.05) is 37.2 Å². The number of para-hydroxylation sites is 1. The van der Waals surface area contributed by atoms with Crippen molar-refractivity contribution < 1.29 is 4.52 Å². The van der Waals surface area contributed by atoms with Gasteiger partial charge >= 0.3 is 0 Å². The molecule has 1 aliphatic heterocycles. The Bertz CT molecular complexity index is 721. The Morgan fingerprint density at radius 1 is 1.32 bits per heavy atom. The van der Waals surface area contributed by atoms with E-state index >= 15 is 0 Å². The average molecular weight is 359 g/mol. The molecule has 1 fully saturated rings. The molecule has 1 aliphatic rings. The van der Waals surface area contributed by atoms with Crippen molar-refractivity contribution in [1.29, 1.82) is 0 Å². The van der Waals surface area contributed by atoms with Crippen molar-refractivity contribution in [3.05, 3.63) is 41.0 Å². The Balaban J connectivity index is 1.73. The maximum absolute atomic E-state index is 5.73. The maximum atomic E-state index is 5.73. The highest BCUT2D eigenvalue weighted by Gasteiger charge is 2.27. The lowest BCUT2D eigenvalue weighted by Crippen LogP contribution is -2.41. The first-order valence-corrected chi connectivity index (χ1v) is 9.50. The van der Waals surface area contributed by atoms with Crippen LogP contribution in [-0.4, -0.2) is 33.2 Å². The van der Waals surface area contributed by atoms with E-state index in [-0.39, 0.29) is 5.92 Å². The predicted molar refractivity (Wildman–Crippen MR) is 104 cm³/mol. The van der Waals surface area contributed by atoms with E-state index in [1.165, 1.54) is 16.8 Å². The molecule has 0 radical (unpaired) electrons. The van der Waals surface area contributed by atoms with Gasteiger partial charge in [-0.2, -0.15) is 4.98 Å². The Labute approximate surface area is 154 Å². The predicted octanol–water partition coefficient (Wildman–Crippen LogP) is 4.08. The van der Waals surface area contributed by atoms with Crippen LogP contribution in [0.2, 0.25) is 0 Å². The summed E-state index contributed by atoms with van der Waals surface area (Å²) in [6.07, 6.45) is 4.11. The Morgan fingerprint density at radius 3 is 2.64 bits per heavy atom. The second kappa shape index (κ2) is 7.95. The fraction of sp³-hybridized carbons (Fsp3) is 0.526. The van der Waals surface area contributed by atoms with Gasteiger partial charge in [0.2, 0.25) is 5.89 Å². The van der Waals surface area contributed by atoms with E-state index in [0.29, 0.717) is 5.82 Å². The monoisotopic (exact) mass is 358 g/mol. The zero-order valence-electron chi connectivity index (χ0n) is 15.2. The summed E-state index contributed by atoms with van der Waals surface area (Å²) >= 11 is 5.73. The topological polar surface area (TPSA) is 54.2 Å². The molecule has 0 spiro atoms. The fourth-order valence-electron chi connectivity index (χ4n) is 3.43. The van der Waals surface area contributed by atoms with Crippen LogP contribution in [0, 0.1) is 6.92 Å². The fourth-order valence-corrected chi connectivity index (χ4v) is 3.70. The summed E-state index contributed by atoms with van der Waals surface area (Å²) in [7, 11) is 0. The van der Waals surface area contributed by atoms with Crippen molar-refractivity contribution in [1.82, 2.24) is 15.0 Å². The van der Waals surface area contributed by atoms with Gasteiger partial charge in [-0.25, -0.2) is 0 Å². The molecule has 0 saturated carbocycles. The van der Waals surface area contributed by atoms with E-state index in [1.807, 2.05) is 6.92 Å². The summed E-state index contributed by atoms with van der Waals surface area (Å²) in [5.74, 6) is 1.67. The Morgan fingerprint density at radius 2 is 2.04 bits per heavy atom. The first-order valence-electron chi connectivity index (χ1n) is 9.09. The lowest BCUT2D eigenvalue weighted by atomic mass is 9.98. The van der Waals surface area contributed by atoms with Crippen LogP contribution in [0.25, 0.3) is 0 Å². The summed E-state index contributed by atoms with van der Waals surface area (Å²) < 4.78 is 5.37. The number of piperidine rings is 1. The van der Waals surface area contributed by atoms with Crippen LogP contribution in [0.5, 0.6) is 0 Å². The lowest BCUT2D eigenvalue weighted by Gasteiger charge is -2.33. The first kappa shape index (κ1) is 17.9. The molecule has 1 atom stereocenters. The Hall–Kier alpha value is -1.95. The van der Waals surface area contributed by atoms with E-state index in [2.05, 4.69) is 52.4 Å². The highest BCUT2D eigenvalue weighted by molar-refractivity contribution is 7.80. The lowest BCUT2D eigenvalue weighted by molar-refractivity contribution is 0.261. The summed E-state index contributed by atoms with van der Waals surface area (Å²) in [6, 6.07) is 6.47. The molecule has 1 saturated heterocycles. The van der Waals surface area contributed by atoms with Gasteiger partial charge in [0.05, 0.1) is 5.92 Å². The molecular weight excluding hydrogens is 332 g/mol. The summed E-state index contributed by atoms with van der Waals surface area (Å²) in [4.78, 5) is 6.63. The van der Waals surface area contributed by atoms with Crippen molar-refractivity contribution in [3.63, 3.8) is 0 Å². The highest BCUT2D eigenvalue weighted by atomic mass is 32.1. The number of thiocarbonyl (C=S) groups is 1. The van der Waals surface area contributed by atoms with Crippen LogP contribution in [0.15, 0.2) is 22.7 Å². The molecule has 0 amide bonds. The minimum absolute atomic E-state index is 0.252. The molecule has 25 heavy (non-hydrogen) atoms. The van der Waals surface area contributed by atoms with Crippen LogP contribution in [-0.2, 0) is 12.8 Å². The van der Waals surface area contributed by atoms with Gasteiger partial charge in [0.15, 0.2) is 10.9 Å². The molecule has 0 bridgehead atoms. The number of aryl methyl sites for hydroxylation is 3. The number of hydrogen-bond acceptors (Lipinski definition) is 4. The van der Waals surface area contributed by atoms with E-state index in [4.69, 9.17) is 16.7 Å². The van der Waals surface area contributed by atoms with Crippen LogP contribution in [0.1, 0.15) is 55.4 Å². The average Bonchev–Trinajstić information content (AvgIpc) is 3.08. The minimum atomic E-state index is 0.252. The molecular formula is C19H26N4OS. The van der Waals surface area contributed by atoms with Crippen LogP contribution >= 0.6 is 12.2 Å². The summed E-state index contributed by atoms with van der Waals surface area (Å²) in [5, 5.41) is 8.23. The van der Waals surface area contributed by atoms with Gasteiger partial charge < -0.3 is 14.7 Å². The Kier molecular flexibility index (Phi) is 5.68. The molecule has 134 valence electrons. The number of hydrogen-bond donors (Lipinski definition) is 1. The van der Waals surface area contributed by atoms with E-state index in [1.54, 1.807) is 0 Å². The highest BCUT2D eigenvalue weighted by Crippen LogP contribution is 2.27. The number of anilines is 1. The molecule has 0 aliphatic carbocycles. The van der Waals surface area contributed by atoms with Crippen molar-refractivity contribution in [3.8, 4) is 0 Å². The van der Waals surface area contributed by atoms with Crippen molar-refractivity contribution in [2.24, 2.45) is 0 Å². The van der Waals surface area contributed by atoms with Crippen molar-refractivity contribution >= 4 is 23.0 Å². The number of nitrogens with zero attached hydrogens (tertiary/aromatic N) is 3. The third kappa shape index (κ3) is 4.00. The molecule has 3 rings (SSSR count). The van der Waals surface area contributed by atoms with Crippen molar-refractivity contribution in [2.75, 3.05) is 18.4 Å². The first-order chi connectivity index (χ1) is 12.1. The standard InChI is InChI=1S/C19H26N4OS/c1-4-14-8-6-9-15(5-2)17(14)21-19(25)23-11-7-10-16(12-23)18-20-13(3)22-24-18/h6,8-9,16H,4-5,7,10-12H2,1-3H3,(H,21,25)/t16-/m1/s1. The minimum Gasteiger partial charge on any atom is -0.348 e. The maximum Gasteiger partial charge on any atom is 0.231 e. The van der Waals surface area contributed by atoms with E-state index in [0.717, 1.165) is 49.8 Å². The summed E-state index contributed by atoms with van der Waals surface area (Å²) in [6.45, 7) is 8.00. The second-order valence-corrected chi connectivity index (χ2v) is 6.94. The number of aromatic nitrogens is 2. The number of rotatable bonds is 4. The number of likely N-dealkylation sites (tertiary alicyclic amines) is 1. The summed E-state index contributed by atoms with van der Waals surface area (Å²) in [5.41, 5.74) is 3.79. The van der Waals surface area contributed by atoms with E-state index < -0.39 is 0 Å². The molecule has 1 aromatic heterocycles. The second-order valence-electron chi connectivity index (χ2n) is 6.55. The number of nitrogens with one attached hydrogen (secondary N) is 1. The van der Waals surface area contributed by atoms with Crippen molar-refractivity contribution in [2.45, 2.75) is 52.4 Å². The van der Waals surface area contributed by atoms with Gasteiger partial charge in [0, 0.05) is 18.8 Å². The van der Waals surface area contributed by atoms with Gasteiger partial charge in [0.1, 0.15) is 0 Å². The molecule has 6 heteroatoms. The quantitative estimate of drug-likeness (QED) is 0.831. The molecule has 0 unspecified atom stereocenters. The molecule has 1 aromatic carbocycles. The van der Waals surface area contributed by atoms with Gasteiger partial charge in [-0.15, -0.1) is 0 Å². The molecule has 2 heterocycles. The van der Waals surface area contributed by atoms with Crippen LogP contribution in [0.3, 0.4) is 0 Å². The zero-order chi connectivity index (χ0) is 17.8. The number of benzene rings is 1. The third-order valence-electron chi connectivity index (χ3n) is 4.83. The largest absolute Gasteiger partial charge is 0.348 e. The molecule has 1 N–H and O–H groups in total. The molecule has 2 aromatic rings.